The Balaban J connectivity index is 2.53. The minimum Gasteiger partial charge on any atom is -0.298 e. The number of hydrogen-bond donors (Lipinski definition) is 0. The van der Waals surface area contributed by atoms with E-state index in [1.165, 1.54) is 6.20 Å². The van der Waals surface area contributed by atoms with Gasteiger partial charge in [0.15, 0.2) is 6.29 Å². The second kappa shape index (κ2) is 3.41. The molecule has 2 aromatic rings. The Labute approximate surface area is 79.8 Å². The van der Waals surface area contributed by atoms with E-state index in [1.807, 2.05) is 6.07 Å². The fraction of sp³-hybridized carbons (Fsp3) is 0. The number of nitrogens with zero attached hydrogens (tertiary/aromatic N) is 2. The van der Waals surface area contributed by atoms with Crippen molar-refractivity contribution in [2.75, 3.05) is 0 Å². The normalized spacial score (nSPS) is 10.1. The number of hydrogen-bond acceptors (Lipinski definition) is 2. The van der Waals surface area contributed by atoms with Crippen LogP contribution in [0.15, 0.2) is 36.5 Å². The topological polar surface area (TPSA) is 34.9 Å². The number of halogens is 1. The summed E-state index contributed by atoms with van der Waals surface area (Å²) in [6.45, 7) is 0. The summed E-state index contributed by atoms with van der Waals surface area (Å²) >= 11 is 0. The Kier molecular flexibility index (Phi) is 2.10. The quantitative estimate of drug-likeness (QED) is 0.677. The van der Waals surface area contributed by atoms with Crippen molar-refractivity contribution in [3.05, 3.63) is 48.0 Å². The van der Waals surface area contributed by atoms with Gasteiger partial charge in [0.2, 0.25) is 5.95 Å². The lowest BCUT2D eigenvalue weighted by molar-refractivity contribution is 0.111. The van der Waals surface area contributed by atoms with Gasteiger partial charge in [0.25, 0.3) is 0 Å². The van der Waals surface area contributed by atoms with Gasteiger partial charge in [-0.25, -0.2) is 4.68 Å². The van der Waals surface area contributed by atoms with Crippen molar-refractivity contribution in [3.63, 3.8) is 0 Å². The van der Waals surface area contributed by atoms with E-state index >= 15 is 0 Å². The number of carbonyl (C=O) groups excluding carboxylic acids is 1. The lowest BCUT2D eigenvalue weighted by Gasteiger charge is -2.00. The monoisotopic (exact) mass is 190 g/mol. The van der Waals surface area contributed by atoms with Gasteiger partial charge in [0, 0.05) is 0 Å². The molecule has 2 rings (SSSR count). The SMILES string of the molecule is O=Cc1cnn(-c2ccccc2)c1F. The second-order valence-electron chi connectivity index (χ2n) is 2.76. The van der Waals surface area contributed by atoms with Crippen LogP contribution in [0.25, 0.3) is 5.69 Å². The van der Waals surface area contributed by atoms with Gasteiger partial charge in [-0.05, 0) is 12.1 Å². The third kappa shape index (κ3) is 1.31. The van der Waals surface area contributed by atoms with E-state index in [9.17, 15) is 9.18 Å². The van der Waals surface area contributed by atoms with Gasteiger partial charge in [-0.3, -0.25) is 4.79 Å². The van der Waals surface area contributed by atoms with Gasteiger partial charge in [0.05, 0.1) is 17.4 Å². The molecule has 0 unspecified atom stereocenters. The Hall–Kier alpha value is -1.97. The van der Waals surface area contributed by atoms with Crippen LogP contribution in [0.1, 0.15) is 10.4 Å². The molecule has 0 saturated heterocycles. The van der Waals surface area contributed by atoms with Gasteiger partial charge in [-0.15, -0.1) is 0 Å². The second-order valence-corrected chi connectivity index (χ2v) is 2.76. The van der Waals surface area contributed by atoms with E-state index in [2.05, 4.69) is 5.10 Å². The molecule has 0 aliphatic carbocycles. The Bertz CT molecular complexity index is 450. The van der Waals surface area contributed by atoms with E-state index in [4.69, 9.17) is 0 Å². The molecular weight excluding hydrogens is 183 g/mol. The first-order valence-corrected chi connectivity index (χ1v) is 4.07. The molecule has 0 saturated carbocycles. The van der Waals surface area contributed by atoms with Gasteiger partial charge in [0.1, 0.15) is 0 Å². The zero-order chi connectivity index (χ0) is 9.97. The Morgan fingerprint density at radius 2 is 2.00 bits per heavy atom. The van der Waals surface area contributed by atoms with E-state index < -0.39 is 5.95 Å². The van der Waals surface area contributed by atoms with Crippen LogP contribution in [0.2, 0.25) is 0 Å². The number of para-hydroxylation sites is 1. The summed E-state index contributed by atoms with van der Waals surface area (Å²) in [4.78, 5) is 10.4. The molecule has 0 spiro atoms. The Morgan fingerprint density at radius 3 is 2.57 bits per heavy atom. The van der Waals surface area contributed by atoms with Crippen molar-refractivity contribution in [1.29, 1.82) is 0 Å². The van der Waals surface area contributed by atoms with Gasteiger partial charge >= 0.3 is 0 Å². The van der Waals surface area contributed by atoms with Crippen LogP contribution in [-0.2, 0) is 0 Å². The molecule has 0 bridgehead atoms. The molecule has 70 valence electrons. The van der Waals surface area contributed by atoms with Crippen molar-refractivity contribution in [2.24, 2.45) is 0 Å². The van der Waals surface area contributed by atoms with Crippen LogP contribution in [0, 0.1) is 5.95 Å². The average Bonchev–Trinajstić information content (AvgIpc) is 2.61. The molecule has 0 aliphatic rings. The number of aromatic nitrogens is 2. The first-order valence-electron chi connectivity index (χ1n) is 4.07. The maximum Gasteiger partial charge on any atom is 0.226 e. The highest BCUT2D eigenvalue weighted by atomic mass is 19.1. The van der Waals surface area contributed by atoms with E-state index in [1.54, 1.807) is 24.3 Å². The highest BCUT2D eigenvalue weighted by Crippen LogP contribution is 2.11. The van der Waals surface area contributed by atoms with E-state index in [0.29, 0.717) is 12.0 Å². The molecule has 1 aromatic carbocycles. The predicted octanol–water partition coefficient (Wildman–Crippen LogP) is 1.82. The smallest absolute Gasteiger partial charge is 0.226 e. The molecule has 0 amide bonds. The first kappa shape index (κ1) is 8.62. The van der Waals surface area contributed by atoms with Crippen molar-refractivity contribution in [2.45, 2.75) is 0 Å². The number of rotatable bonds is 2. The van der Waals surface area contributed by atoms with Gasteiger partial charge < -0.3 is 0 Å². The molecular formula is C10H7FN2O. The molecule has 0 fully saturated rings. The van der Waals surface area contributed by atoms with Crippen molar-refractivity contribution in [1.82, 2.24) is 9.78 Å². The summed E-state index contributed by atoms with van der Waals surface area (Å²) in [5, 5.41) is 3.77. The minimum atomic E-state index is -0.633. The summed E-state index contributed by atoms with van der Waals surface area (Å²) in [6.07, 6.45) is 1.65. The van der Waals surface area contributed by atoms with Gasteiger partial charge in [-0.1, -0.05) is 18.2 Å². The highest BCUT2D eigenvalue weighted by Gasteiger charge is 2.09. The zero-order valence-electron chi connectivity index (χ0n) is 7.22. The highest BCUT2D eigenvalue weighted by molar-refractivity contribution is 5.74. The molecule has 1 heterocycles. The maximum absolute atomic E-state index is 13.4. The molecule has 0 atom stereocenters. The lowest BCUT2D eigenvalue weighted by Crippen LogP contribution is -1.99. The number of aldehydes is 1. The van der Waals surface area contributed by atoms with Crippen LogP contribution in [0.5, 0.6) is 0 Å². The summed E-state index contributed by atoms with van der Waals surface area (Å²) in [5.74, 6) is -0.633. The van der Waals surface area contributed by atoms with Crippen LogP contribution in [0.3, 0.4) is 0 Å². The van der Waals surface area contributed by atoms with Crippen molar-refractivity contribution >= 4 is 6.29 Å². The largest absolute Gasteiger partial charge is 0.298 e. The van der Waals surface area contributed by atoms with Gasteiger partial charge in [-0.2, -0.15) is 9.49 Å². The molecule has 0 N–H and O–H groups in total. The van der Waals surface area contributed by atoms with Crippen LogP contribution in [0.4, 0.5) is 4.39 Å². The molecule has 0 aliphatic heterocycles. The van der Waals surface area contributed by atoms with E-state index in [-0.39, 0.29) is 5.56 Å². The fourth-order valence-electron chi connectivity index (χ4n) is 1.17. The zero-order valence-corrected chi connectivity index (χ0v) is 7.22. The molecule has 1 aromatic heterocycles. The Morgan fingerprint density at radius 1 is 1.29 bits per heavy atom. The molecule has 0 radical (unpaired) electrons. The minimum absolute atomic E-state index is 0.0335. The summed E-state index contributed by atoms with van der Waals surface area (Å²) in [6, 6.07) is 8.80. The standard InChI is InChI=1S/C10H7FN2O/c11-10-8(7-14)6-12-13(10)9-4-2-1-3-5-9/h1-7H. The summed E-state index contributed by atoms with van der Waals surface area (Å²) < 4.78 is 14.5. The average molecular weight is 190 g/mol. The van der Waals surface area contributed by atoms with Crippen LogP contribution >= 0.6 is 0 Å². The lowest BCUT2D eigenvalue weighted by atomic mass is 10.3. The number of benzene rings is 1. The molecule has 14 heavy (non-hydrogen) atoms. The van der Waals surface area contributed by atoms with Crippen LogP contribution < -0.4 is 0 Å². The molecule has 3 nitrogen and oxygen atoms in total. The predicted molar refractivity (Wildman–Crippen MR) is 48.9 cm³/mol. The number of carbonyl (C=O) groups is 1. The van der Waals surface area contributed by atoms with E-state index in [0.717, 1.165) is 4.68 Å². The van der Waals surface area contributed by atoms with Crippen molar-refractivity contribution in [3.8, 4) is 5.69 Å². The van der Waals surface area contributed by atoms with Crippen LogP contribution in [-0.4, -0.2) is 16.1 Å². The maximum atomic E-state index is 13.4. The third-order valence-electron chi connectivity index (χ3n) is 1.86. The third-order valence-corrected chi connectivity index (χ3v) is 1.86. The molecule has 4 heteroatoms. The summed E-state index contributed by atoms with van der Waals surface area (Å²) in [7, 11) is 0. The fourth-order valence-corrected chi connectivity index (χ4v) is 1.17. The first-order chi connectivity index (χ1) is 6.83. The summed E-state index contributed by atoms with van der Waals surface area (Å²) in [5.41, 5.74) is 0.562. The van der Waals surface area contributed by atoms with Crippen molar-refractivity contribution < 1.29 is 9.18 Å².